The molecule has 0 aliphatic carbocycles. The van der Waals surface area contributed by atoms with Crippen molar-refractivity contribution in [2.75, 3.05) is 13.7 Å². The van der Waals surface area contributed by atoms with Gasteiger partial charge in [0, 0.05) is 17.6 Å². The molecule has 0 spiro atoms. The Labute approximate surface area is 141 Å². The number of nitrogens with one attached hydrogen (secondary N) is 2. The van der Waals surface area contributed by atoms with Gasteiger partial charge in [-0.15, -0.1) is 0 Å². The van der Waals surface area contributed by atoms with Gasteiger partial charge < -0.3 is 15.4 Å². The maximum absolute atomic E-state index is 11.9. The van der Waals surface area contributed by atoms with Crippen molar-refractivity contribution >= 4 is 17.5 Å². The third-order valence-corrected chi connectivity index (χ3v) is 3.93. The van der Waals surface area contributed by atoms with Gasteiger partial charge in [0.05, 0.1) is 13.7 Å². The van der Waals surface area contributed by atoms with E-state index in [0.717, 1.165) is 16.9 Å². The van der Waals surface area contributed by atoms with Gasteiger partial charge in [0.15, 0.2) is 0 Å². The van der Waals surface area contributed by atoms with Crippen LogP contribution in [-0.2, 0) is 11.3 Å². The Balaban J connectivity index is 1.77. The molecule has 0 aliphatic heterocycles. The van der Waals surface area contributed by atoms with E-state index in [1.807, 2.05) is 55.5 Å². The first-order chi connectivity index (χ1) is 11.1. The van der Waals surface area contributed by atoms with Gasteiger partial charge in [0.1, 0.15) is 5.75 Å². The van der Waals surface area contributed by atoms with Gasteiger partial charge in [-0.2, -0.15) is 0 Å². The molecular formula is C18H21ClN2O2. The topological polar surface area (TPSA) is 50.4 Å². The number of benzene rings is 2. The molecule has 0 aliphatic rings. The number of carbonyl (C=O) groups is 1. The number of halogens is 1. The van der Waals surface area contributed by atoms with Gasteiger partial charge in [0.2, 0.25) is 5.91 Å². The summed E-state index contributed by atoms with van der Waals surface area (Å²) in [6.45, 7) is 2.71. The Morgan fingerprint density at radius 3 is 2.52 bits per heavy atom. The highest BCUT2D eigenvalue weighted by atomic mass is 35.5. The van der Waals surface area contributed by atoms with Crippen LogP contribution in [0.4, 0.5) is 0 Å². The fourth-order valence-corrected chi connectivity index (χ4v) is 2.49. The maximum Gasteiger partial charge on any atom is 0.234 e. The molecule has 122 valence electrons. The van der Waals surface area contributed by atoms with E-state index in [4.69, 9.17) is 16.3 Å². The summed E-state index contributed by atoms with van der Waals surface area (Å²) in [5.74, 6) is 0.745. The highest BCUT2D eigenvalue weighted by Crippen LogP contribution is 2.21. The Morgan fingerprint density at radius 1 is 1.17 bits per heavy atom. The van der Waals surface area contributed by atoms with Crippen LogP contribution in [-0.4, -0.2) is 19.6 Å². The molecule has 0 saturated heterocycles. The van der Waals surface area contributed by atoms with E-state index in [1.54, 1.807) is 7.11 Å². The SMILES string of the molecule is COc1ccc(CNC(=O)CN[C@@H](C)c2ccccc2Cl)cc1. The van der Waals surface area contributed by atoms with Crippen LogP contribution in [0.2, 0.25) is 5.02 Å². The number of ether oxygens (including phenoxy) is 1. The van der Waals surface area contributed by atoms with E-state index in [0.29, 0.717) is 11.6 Å². The lowest BCUT2D eigenvalue weighted by Crippen LogP contribution is -2.34. The number of carbonyl (C=O) groups excluding carboxylic acids is 1. The van der Waals surface area contributed by atoms with E-state index in [-0.39, 0.29) is 18.5 Å². The average Bonchev–Trinajstić information content (AvgIpc) is 2.58. The van der Waals surface area contributed by atoms with E-state index in [1.165, 1.54) is 0 Å². The van der Waals surface area contributed by atoms with E-state index in [9.17, 15) is 4.79 Å². The maximum atomic E-state index is 11.9. The summed E-state index contributed by atoms with van der Waals surface area (Å²) in [4.78, 5) is 11.9. The molecule has 0 bridgehead atoms. The highest BCUT2D eigenvalue weighted by Gasteiger charge is 2.10. The number of amides is 1. The second-order valence-corrected chi connectivity index (χ2v) is 5.66. The van der Waals surface area contributed by atoms with E-state index in [2.05, 4.69) is 10.6 Å². The summed E-state index contributed by atoms with van der Waals surface area (Å²) in [6, 6.07) is 15.2. The molecule has 0 aromatic heterocycles. The summed E-state index contributed by atoms with van der Waals surface area (Å²) in [5, 5.41) is 6.76. The standard InChI is InChI=1S/C18H21ClN2O2/c1-13(16-5-3-4-6-17(16)19)20-12-18(22)21-11-14-7-9-15(23-2)10-8-14/h3-10,13,20H,11-12H2,1-2H3,(H,21,22)/t13-/m0/s1. The Morgan fingerprint density at radius 2 is 1.87 bits per heavy atom. The molecule has 1 amide bonds. The molecule has 1 atom stereocenters. The van der Waals surface area contributed by atoms with Crippen molar-refractivity contribution in [3.05, 3.63) is 64.7 Å². The minimum atomic E-state index is -0.0558. The van der Waals surface area contributed by atoms with Gasteiger partial charge in [-0.1, -0.05) is 41.9 Å². The van der Waals surface area contributed by atoms with Gasteiger partial charge in [-0.3, -0.25) is 4.79 Å². The van der Waals surface area contributed by atoms with Crippen LogP contribution in [0.5, 0.6) is 5.75 Å². The zero-order chi connectivity index (χ0) is 16.7. The summed E-state index contributed by atoms with van der Waals surface area (Å²) in [7, 11) is 1.63. The number of hydrogen-bond acceptors (Lipinski definition) is 3. The molecule has 2 aromatic carbocycles. The first-order valence-electron chi connectivity index (χ1n) is 7.47. The second-order valence-electron chi connectivity index (χ2n) is 5.25. The molecule has 0 unspecified atom stereocenters. The third-order valence-electron chi connectivity index (χ3n) is 3.59. The lowest BCUT2D eigenvalue weighted by molar-refractivity contribution is -0.120. The molecule has 0 saturated carbocycles. The molecule has 5 heteroatoms. The van der Waals surface area contributed by atoms with Gasteiger partial charge >= 0.3 is 0 Å². The molecule has 2 N–H and O–H groups in total. The van der Waals surface area contributed by atoms with Crippen molar-refractivity contribution in [3.8, 4) is 5.75 Å². The highest BCUT2D eigenvalue weighted by molar-refractivity contribution is 6.31. The largest absolute Gasteiger partial charge is 0.497 e. The minimum absolute atomic E-state index is 0.00966. The fraction of sp³-hybridized carbons (Fsp3) is 0.278. The van der Waals surface area contributed by atoms with Crippen LogP contribution >= 0.6 is 11.6 Å². The van der Waals surface area contributed by atoms with Crippen molar-refractivity contribution < 1.29 is 9.53 Å². The lowest BCUT2D eigenvalue weighted by Gasteiger charge is -2.15. The molecular weight excluding hydrogens is 312 g/mol. The smallest absolute Gasteiger partial charge is 0.234 e. The fourth-order valence-electron chi connectivity index (χ4n) is 2.19. The predicted octanol–water partition coefficient (Wildman–Crippen LogP) is 3.32. The quantitative estimate of drug-likeness (QED) is 0.817. The summed E-state index contributed by atoms with van der Waals surface area (Å²) >= 11 is 6.15. The average molecular weight is 333 g/mol. The van der Waals surface area contributed by atoms with Gasteiger partial charge in [-0.25, -0.2) is 0 Å². The number of hydrogen-bond donors (Lipinski definition) is 2. The Kier molecular flexibility index (Phi) is 6.44. The molecule has 0 heterocycles. The first kappa shape index (κ1) is 17.3. The molecule has 0 radical (unpaired) electrons. The van der Waals surface area contributed by atoms with Gasteiger partial charge in [-0.05, 0) is 36.2 Å². The Hall–Kier alpha value is -2.04. The first-order valence-corrected chi connectivity index (χ1v) is 7.85. The third kappa shape index (κ3) is 5.27. The molecule has 2 aromatic rings. The number of methoxy groups -OCH3 is 1. The minimum Gasteiger partial charge on any atom is -0.497 e. The van der Waals surface area contributed by atoms with E-state index < -0.39 is 0 Å². The van der Waals surface area contributed by atoms with Crippen molar-refractivity contribution in [2.24, 2.45) is 0 Å². The second kappa shape index (κ2) is 8.56. The van der Waals surface area contributed by atoms with Crippen molar-refractivity contribution in [3.63, 3.8) is 0 Å². The predicted molar refractivity (Wildman–Crippen MR) is 92.7 cm³/mol. The summed E-state index contributed by atoms with van der Waals surface area (Å²) in [6.07, 6.45) is 0. The molecule has 23 heavy (non-hydrogen) atoms. The van der Waals surface area contributed by atoms with Crippen molar-refractivity contribution in [2.45, 2.75) is 19.5 Å². The molecule has 0 fully saturated rings. The van der Waals surface area contributed by atoms with Crippen molar-refractivity contribution in [1.29, 1.82) is 0 Å². The van der Waals surface area contributed by atoms with E-state index >= 15 is 0 Å². The molecule has 4 nitrogen and oxygen atoms in total. The lowest BCUT2D eigenvalue weighted by atomic mass is 10.1. The zero-order valence-corrected chi connectivity index (χ0v) is 14.1. The summed E-state index contributed by atoms with van der Waals surface area (Å²) < 4.78 is 5.10. The van der Waals surface area contributed by atoms with Crippen LogP contribution in [0.15, 0.2) is 48.5 Å². The normalized spacial score (nSPS) is 11.8. The summed E-state index contributed by atoms with van der Waals surface area (Å²) in [5.41, 5.74) is 2.01. The Bertz CT molecular complexity index is 644. The zero-order valence-electron chi connectivity index (χ0n) is 13.3. The van der Waals surface area contributed by atoms with Crippen molar-refractivity contribution in [1.82, 2.24) is 10.6 Å². The van der Waals surface area contributed by atoms with Crippen LogP contribution in [0, 0.1) is 0 Å². The van der Waals surface area contributed by atoms with Gasteiger partial charge in [0.25, 0.3) is 0 Å². The van der Waals surface area contributed by atoms with Crippen LogP contribution < -0.4 is 15.4 Å². The monoisotopic (exact) mass is 332 g/mol. The van der Waals surface area contributed by atoms with Crippen LogP contribution in [0.25, 0.3) is 0 Å². The van der Waals surface area contributed by atoms with Crippen LogP contribution in [0.3, 0.4) is 0 Å². The van der Waals surface area contributed by atoms with Crippen LogP contribution in [0.1, 0.15) is 24.1 Å². The molecule has 2 rings (SSSR count). The number of rotatable bonds is 7.